The maximum Gasteiger partial charge on any atom is 0.222 e. The third-order valence-electron chi connectivity index (χ3n) is 5.49. The molecule has 0 radical (unpaired) electrons. The van der Waals surface area contributed by atoms with Crippen LogP contribution in [0.15, 0.2) is 30.5 Å². The van der Waals surface area contributed by atoms with Gasteiger partial charge in [-0.15, -0.1) is 0 Å². The number of amides is 1. The number of carbonyl (C=O) groups is 1. The van der Waals surface area contributed by atoms with Crippen LogP contribution in [0.3, 0.4) is 0 Å². The average Bonchev–Trinajstić information content (AvgIpc) is 3.23. The summed E-state index contributed by atoms with van der Waals surface area (Å²) in [5.74, 6) is 1.24. The molecule has 0 bridgehead atoms. The minimum atomic E-state index is -0.246. The second-order valence-electron chi connectivity index (χ2n) is 7.34. The molecule has 26 heavy (non-hydrogen) atoms. The Morgan fingerprint density at radius 3 is 3.00 bits per heavy atom. The predicted molar refractivity (Wildman–Crippen MR) is 96.8 cm³/mol. The van der Waals surface area contributed by atoms with E-state index in [0.29, 0.717) is 13.0 Å². The molecule has 1 aromatic heterocycles. The molecule has 1 amide bonds. The number of nitrogens with one attached hydrogen (secondary N) is 1. The fourth-order valence-corrected chi connectivity index (χ4v) is 3.86. The number of aliphatic hydroxyl groups excluding tert-OH is 1. The monoisotopic (exact) mass is 355 g/mol. The van der Waals surface area contributed by atoms with Crippen molar-refractivity contribution in [3.05, 3.63) is 47.3 Å². The van der Waals surface area contributed by atoms with Crippen molar-refractivity contribution in [1.82, 2.24) is 15.1 Å². The van der Waals surface area contributed by atoms with Crippen LogP contribution in [0.2, 0.25) is 0 Å². The summed E-state index contributed by atoms with van der Waals surface area (Å²) in [6.45, 7) is 3.28. The maximum atomic E-state index is 12.6. The molecule has 1 aliphatic carbocycles. The number of aromatic nitrogens is 2. The molecule has 2 heterocycles. The number of benzene rings is 1. The topological polar surface area (TPSA) is 76.4 Å². The van der Waals surface area contributed by atoms with Crippen molar-refractivity contribution in [2.75, 3.05) is 6.61 Å². The lowest BCUT2D eigenvalue weighted by Gasteiger charge is -2.38. The van der Waals surface area contributed by atoms with Crippen LogP contribution in [0.5, 0.6) is 5.75 Å². The largest absolute Gasteiger partial charge is 0.493 e. The van der Waals surface area contributed by atoms with Gasteiger partial charge >= 0.3 is 0 Å². The molecule has 1 atom stereocenters. The third kappa shape index (κ3) is 3.46. The van der Waals surface area contributed by atoms with Crippen LogP contribution < -0.4 is 10.1 Å². The van der Waals surface area contributed by atoms with Crippen LogP contribution >= 0.6 is 0 Å². The Balaban J connectivity index is 1.45. The molecule has 0 unspecified atom stereocenters. The van der Waals surface area contributed by atoms with E-state index < -0.39 is 0 Å². The molecule has 6 nitrogen and oxygen atoms in total. The molecule has 138 valence electrons. The number of ether oxygens (including phenoxy) is 1. The zero-order valence-electron chi connectivity index (χ0n) is 15.0. The minimum absolute atomic E-state index is 0.0167. The molecule has 1 aliphatic heterocycles. The number of aryl methyl sites for hydroxylation is 2. The molecule has 2 aromatic rings. The highest BCUT2D eigenvalue weighted by Gasteiger charge is 2.36. The Kier molecular flexibility index (Phi) is 4.68. The zero-order valence-corrected chi connectivity index (χ0v) is 15.0. The number of nitrogens with zero attached hydrogens (tertiary/aromatic N) is 2. The molecule has 1 saturated carbocycles. The lowest BCUT2D eigenvalue weighted by Crippen LogP contribution is -2.41. The van der Waals surface area contributed by atoms with Crippen LogP contribution in [0, 0.1) is 12.8 Å². The first-order valence-corrected chi connectivity index (χ1v) is 9.31. The van der Waals surface area contributed by atoms with E-state index in [-0.39, 0.29) is 24.0 Å². The highest BCUT2D eigenvalue weighted by Crippen LogP contribution is 2.39. The van der Waals surface area contributed by atoms with Gasteiger partial charge in [-0.1, -0.05) is 6.07 Å². The SMILES string of the molecule is Cc1ccnn1CCC(=O)N[C@H](c1ccc2c(c1)CCO2)C1CC(O)C1. The van der Waals surface area contributed by atoms with Crippen molar-refractivity contribution >= 4 is 5.91 Å². The fraction of sp³-hybridized carbons (Fsp3) is 0.500. The van der Waals surface area contributed by atoms with Crippen molar-refractivity contribution in [1.29, 1.82) is 0 Å². The first-order valence-electron chi connectivity index (χ1n) is 9.31. The van der Waals surface area contributed by atoms with E-state index in [0.717, 1.165) is 42.9 Å². The Labute approximate surface area is 153 Å². The second-order valence-corrected chi connectivity index (χ2v) is 7.34. The smallest absolute Gasteiger partial charge is 0.222 e. The van der Waals surface area contributed by atoms with E-state index in [1.54, 1.807) is 6.20 Å². The van der Waals surface area contributed by atoms with Gasteiger partial charge in [-0.3, -0.25) is 9.48 Å². The standard InChI is InChI=1S/C20H25N3O3/c1-13-4-7-21-23(13)8-5-19(25)22-20(16-11-17(24)12-16)15-2-3-18-14(10-15)6-9-26-18/h2-4,7,10,16-17,20,24H,5-6,8-9,11-12H2,1H3,(H,22,25)/t16?,17?,20-/m1/s1. The molecule has 4 rings (SSSR count). The van der Waals surface area contributed by atoms with Gasteiger partial charge in [-0.05, 0) is 55.0 Å². The van der Waals surface area contributed by atoms with Crippen molar-refractivity contribution in [2.24, 2.45) is 5.92 Å². The first kappa shape index (κ1) is 17.1. The second kappa shape index (κ2) is 7.11. The van der Waals surface area contributed by atoms with Gasteiger partial charge in [0.1, 0.15) is 5.75 Å². The maximum absolute atomic E-state index is 12.6. The van der Waals surface area contributed by atoms with Crippen molar-refractivity contribution in [3.8, 4) is 5.75 Å². The molecular formula is C20H25N3O3. The average molecular weight is 355 g/mol. The van der Waals surface area contributed by atoms with Crippen molar-refractivity contribution < 1.29 is 14.6 Å². The molecule has 2 N–H and O–H groups in total. The van der Waals surface area contributed by atoms with E-state index in [9.17, 15) is 9.90 Å². The lowest BCUT2D eigenvalue weighted by molar-refractivity contribution is -0.123. The summed E-state index contributed by atoms with van der Waals surface area (Å²) < 4.78 is 7.43. The van der Waals surface area contributed by atoms with Crippen LogP contribution in [-0.2, 0) is 17.8 Å². The summed E-state index contributed by atoms with van der Waals surface area (Å²) in [5.41, 5.74) is 3.36. The molecule has 0 spiro atoms. The summed E-state index contributed by atoms with van der Waals surface area (Å²) in [4.78, 5) is 12.6. The van der Waals surface area contributed by atoms with Gasteiger partial charge in [0.25, 0.3) is 0 Å². The van der Waals surface area contributed by atoms with E-state index in [4.69, 9.17) is 4.74 Å². The van der Waals surface area contributed by atoms with Gasteiger partial charge in [0, 0.05) is 31.3 Å². The van der Waals surface area contributed by atoms with Gasteiger partial charge in [0.05, 0.1) is 18.8 Å². The highest BCUT2D eigenvalue weighted by atomic mass is 16.5. The fourth-order valence-electron chi connectivity index (χ4n) is 3.86. The van der Waals surface area contributed by atoms with Crippen LogP contribution in [-0.4, -0.2) is 33.5 Å². The first-order chi connectivity index (χ1) is 12.6. The van der Waals surface area contributed by atoms with Crippen LogP contribution in [0.4, 0.5) is 0 Å². The van der Waals surface area contributed by atoms with Crippen LogP contribution in [0.25, 0.3) is 0 Å². The van der Waals surface area contributed by atoms with Crippen molar-refractivity contribution in [3.63, 3.8) is 0 Å². The number of hydrogen-bond donors (Lipinski definition) is 2. The van der Waals surface area contributed by atoms with Crippen LogP contribution in [0.1, 0.15) is 42.1 Å². The van der Waals surface area contributed by atoms with Gasteiger partial charge in [-0.2, -0.15) is 5.10 Å². The molecule has 1 fully saturated rings. The summed E-state index contributed by atoms with van der Waals surface area (Å²) in [6.07, 6.45) is 4.27. The summed E-state index contributed by atoms with van der Waals surface area (Å²) >= 11 is 0. The molecule has 1 aromatic carbocycles. The normalized spacial score (nSPS) is 22.2. The van der Waals surface area contributed by atoms with E-state index in [2.05, 4.69) is 16.5 Å². The Bertz CT molecular complexity index is 795. The van der Waals surface area contributed by atoms with E-state index in [1.165, 1.54) is 5.56 Å². The molecular weight excluding hydrogens is 330 g/mol. The minimum Gasteiger partial charge on any atom is -0.493 e. The molecule has 6 heteroatoms. The third-order valence-corrected chi connectivity index (χ3v) is 5.49. The Hall–Kier alpha value is -2.34. The summed E-state index contributed by atoms with van der Waals surface area (Å²) in [7, 11) is 0. The Morgan fingerprint density at radius 2 is 2.27 bits per heavy atom. The van der Waals surface area contributed by atoms with Gasteiger partial charge < -0.3 is 15.2 Å². The number of rotatable bonds is 6. The predicted octanol–water partition coefficient (Wildman–Crippen LogP) is 2.14. The quantitative estimate of drug-likeness (QED) is 0.832. The lowest BCUT2D eigenvalue weighted by atomic mass is 9.75. The molecule has 2 aliphatic rings. The summed E-state index contributed by atoms with van der Waals surface area (Å²) in [6, 6.07) is 8.06. The highest BCUT2D eigenvalue weighted by molar-refractivity contribution is 5.76. The van der Waals surface area contributed by atoms with Gasteiger partial charge in [-0.25, -0.2) is 0 Å². The number of aliphatic hydroxyl groups is 1. The van der Waals surface area contributed by atoms with Gasteiger partial charge in [0.2, 0.25) is 5.91 Å². The number of carbonyl (C=O) groups excluding carboxylic acids is 1. The zero-order chi connectivity index (χ0) is 18.1. The number of hydrogen-bond acceptors (Lipinski definition) is 4. The number of fused-ring (bicyclic) bond motifs is 1. The van der Waals surface area contributed by atoms with Gasteiger partial charge in [0.15, 0.2) is 0 Å². The molecule has 0 saturated heterocycles. The summed E-state index contributed by atoms with van der Waals surface area (Å²) in [5, 5.41) is 17.1. The Morgan fingerprint density at radius 1 is 1.42 bits per heavy atom. The van der Waals surface area contributed by atoms with E-state index in [1.807, 2.05) is 29.8 Å². The van der Waals surface area contributed by atoms with E-state index >= 15 is 0 Å². The van der Waals surface area contributed by atoms with Crippen molar-refractivity contribution in [2.45, 2.75) is 51.3 Å².